The summed E-state index contributed by atoms with van der Waals surface area (Å²) in [5, 5.41) is 2.57. The van der Waals surface area contributed by atoms with Gasteiger partial charge in [-0.15, -0.1) is 11.3 Å². The molecule has 2 rings (SSSR count). The predicted molar refractivity (Wildman–Crippen MR) is 72.5 cm³/mol. The molecule has 2 heterocycles. The molecule has 2 aromatic rings. The maximum atomic E-state index is 11.2. The van der Waals surface area contributed by atoms with Gasteiger partial charge in [-0.3, -0.25) is 14.0 Å². The van der Waals surface area contributed by atoms with Crippen LogP contribution in [0.15, 0.2) is 10.4 Å². The van der Waals surface area contributed by atoms with E-state index in [1.165, 1.54) is 23.1 Å². The van der Waals surface area contributed by atoms with Crippen molar-refractivity contribution in [1.82, 2.24) is 9.38 Å². The van der Waals surface area contributed by atoms with Gasteiger partial charge in [0.15, 0.2) is 11.2 Å². The number of rotatable bonds is 5. The van der Waals surface area contributed by atoms with Crippen molar-refractivity contribution in [3.63, 3.8) is 0 Å². The second-order valence-corrected chi connectivity index (χ2v) is 5.91. The van der Waals surface area contributed by atoms with Crippen LogP contribution in [0.4, 0.5) is 0 Å². The molecule has 0 aromatic carbocycles. The molecule has 0 aliphatic carbocycles. The number of thiazole rings is 1. The Morgan fingerprint density at radius 2 is 2.39 bits per heavy atom. The van der Waals surface area contributed by atoms with Crippen molar-refractivity contribution in [2.75, 3.05) is 5.75 Å². The highest BCUT2D eigenvalue weighted by molar-refractivity contribution is 8.00. The highest BCUT2D eigenvalue weighted by Gasteiger charge is 2.18. The highest BCUT2D eigenvalue weighted by Crippen LogP contribution is 2.29. The number of aldehydes is 1. The lowest BCUT2D eigenvalue weighted by molar-refractivity contribution is -0.115. The van der Waals surface area contributed by atoms with Crippen molar-refractivity contribution in [1.29, 1.82) is 0 Å². The third-order valence-electron chi connectivity index (χ3n) is 2.45. The number of hydrogen-bond donors (Lipinski definition) is 1. The van der Waals surface area contributed by atoms with Crippen LogP contribution in [0.25, 0.3) is 4.96 Å². The SMILES string of the molecule is CC(C)c1csc2nc(SCC(N)=O)c(C=O)n12. The Labute approximate surface area is 112 Å². The first-order valence-corrected chi connectivity index (χ1v) is 7.27. The van der Waals surface area contributed by atoms with Crippen molar-refractivity contribution in [2.45, 2.75) is 24.8 Å². The molecule has 1 amide bonds. The zero-order valence-electron chi connectivity index (χ0n) is 10.0. The quantitative estimate of drug-likeness (QED) is 0.671. The van der Waals surface area contributed by atoms with Crippen LogP contribution in [0.5, 0.6) is 0 Å². The molecule has 0 bridgehead atoms. The van der Waals surface area contributed by atoms with Gasteiger partial charge in [0, 0.05) is 11.1 Å². The van der Waals surface area contributed by atoms with E-state index in [0.29, 0.717) is 16.6 Å². The van der Waals surface area contributed by atoms with Crippen LogP contribution in [0.1, 0.15) is 35.9 Å². The average Bonchev–Trinajstić information content (AvgIpc) is 2.83. The summed E-state index contributed by atoms with van der Waals surface area (Å²) in [4.78, 5) is 27.2. The number of nitrogens with two attached hydrogens (primary N) is 1. The van der Waals surface area contributed by atoms with E-state index in [-0.39, 0.29) is 5.75 Å². The lowest BCUT2D eigenvalue weighted by Gasteiger charge is -2.04. The number of amides is 1. The zero-order chi connectivity index (χ0) is 13.3. The van der Waals surface area contributed by atoms with Crippen molar-refractivity contribution >= 4 is 40.3 Å². The fourth-order valence-corrected chi connectivity index (χ4v) is 3.46. The minimum Gasteiger partial charge on any atom is -0.369 e. The summed E-state index contributed by atoms with van der Waals surface area (Å²) >= 11 is 2.69. The molecule has 0 saturated carbocycles. The van der Waals surface area contributed by atoms with E-state index in [1.54, 1.807) is 0 Å². The van der Waals surface area contributed by atoms with Gasteiger partial charge in [0.2, 0.25) is 5.91 Å². The fourth-order valence-electron chi connectivity index (χ4n) is 1.63. The number of imidazole rings is 1. The van der Waals surface area contributed by atoms with Gasteiger partial charge in [-0.2, -0.15) is 0 Å². The number of carbonyl (C=O) groups excluding carboxylic acids is 2. The van der Waals surface area contributed by atoms with Gasteiger partial charge in [0.1, 0.15) is 10.7 Å². The Hall–Kier alpha value is -1.34. The van der Waals surface area contributed by atoms with Crippen LogP contribution >= 0.6 is 23.1 Å². The lowest BCUT2D eigenvalue weighted by Crippen LogP contribution is -2.13. The predicted octanol–water partition coefficient (Wildman–Crippen LogP) is 1.91. The molecular formula is C11H13N3O2S2. The average molecular weight is 283 g/mol. The summed E-state index contributed by atoms with van der Waals surface area (Å²) in [7, 11) is 0. The van der Waals surface area contributed by atoms with E-state index >= 15 is 0 Å². The van der Waals surface area contributed by atoms with Crippen LogP contribution in [-0.4, -0.2) is 27.3 Å². The van der Waals surface area contributed by atoms with Crippen LogP contribution < -0.4 is 5.73 Å². The van der Waals surface area contributed by atoms with Gasteiger partial charge in [0.05, 0.1) is 5.75 Å². The molecule has 7 heteroatoms. The van der Waals surface area contributed by atoms with E-state index in [1.807, 2.05) is 9.78 Å². The number of primary amides is 1. The van der Waals surface area contributed by atoms with Crippen molar-refractivity contribution < 1.29 is 9.59 Å². The summed E-state index contributed by atoms with van der Waals surface area (Å²) in [6.07, 6.45) is 0.780. The Bertz CT molecular complexity index is 601. The monoisotopic (exact) mass is 283 g/mol. The molecule has 96 valence electrons. The molecule has 18 heavy (non-hydrogen) atoms. The Morgan fingerprint density at radius 1 is 1.67 bits per heavy atom. The van der Waals surface area contributed by atoms with E-state index in [9.17, 15) is 9.59 Å². The molecular weight excluding hydrogens is 270 g/mol. The van der Waals surface area contributed by atoms with Gasteiger partial charge in [-0.1, -0.05) is 25.6 Å². The van der Waals surface area contributed by atoms with Gasteiger partial charge < -0.3 is 5.73 Å². The zero-order valence-corrected chi connectivity index (χ0v) is 11.7. The highest BCUT2D eigenvalue weighted by atomic mass is 32.2. The third-order valence-corrected chi connectivity index (χ3v) is 4.29. The summed E-state index contributed by atoms with van der Waals surface area (Å²) < 4.78 is 1.85. The smallest absolute Gasteiger partial charge is 0.227 e. The number of carbonyl (C=O) groups is 2. The van der Waals surface area contributed by atoms with Gasteiger partial charge in [-0.05, 0) is 5.92 Å². The summed E-state index contributed by atoms with van der Waals surface area (Å²) in [5.74, 6) is 0.0146. The molecule has 5 nitrogen and oxygen atoms in total. The summed E-state index contributed by atoms with van der Waals surface area (Å²) in [6.45, 7) is 4.12. The Kier molecular flexibility index (Phi) is 3.72. The first kappa shape index (κ1) is 13.1. The molecule has 0 radical (unpaired) electrons. The maximum Gasteiger partial charge on any atom is 0.227 e. The second-order valence-electron chi connectivity index (χ2n) is 4.11. The standard InChI is InChI=1S/C11H13N3O2S2/c1-6(2)8-4-18-11-13-10(17-5-9(12)16)7(3-15)14(8)11/h3-4,6H,5H2,1-2H3,(H2,12,16). The molecule has 0 atom stereocenters. The van der Waals surface area contributed by atoms with Crippen molar-refractivity contribution in [3.05, 3.63) is 16.8 Å². The number of aromatic nitrogens is 2. The van der Waals surface area contributed by atoms with Crippen LogP contribution in [0.2, 0.25) is 0 Å². The van der Waals surface area contributed by atoms with Gasteiger partial charge in [0.25, 0.3) is 0 Å². The molecule has 2 aromatic heterocycles. The topological polar surface area (TPSA) is 77.5 Å². The Balaban J connectivity index is 2.49. The third kappa shape index (κ3) is 2.28. The minimum absolute atomic E-state index is 0.128. The van der Waals surface area contributed by atoms with E-state index in [0.717, 1.165) is 16.9 Å². The molecule has 0 aliphatic heterocycles. The first-order chi connectivity index (χ1) is 8.54. The molecule has 2 N–H and O–H groups in total. The lowest BCUT2D eigenvalue weighted by atomic mass is 10.1. The number of hydrogen-bond acceptors (Lipinski definition) is 5. The van der Waals surface area contributed by atoms with E-state index in [4.69, 9.17) is 5.73 Å². The summed E-state index contributed by atoms with van der Waals surface area (Å²) in [5.41, 5.74) is 6.65. The molecule has 0 unspecified atom stereocenters. The molecule has 0 aliphatic rings. The number of fused-ring (bicyclic) bond motifs is 1. The van der Waals surface area contributed by atoms with E-state index in [2.05, 4.69) is 18.8 Å². The van der Waals surface area contributed by atoms with Crippen LogP contribution in [-0.2, 0) is 4.79 Å². The first-order valence-electron chi connectivity index (χ1n) is 5.40. The van der Waals surface area contributed by atoms with E-state index < -0.39 is 5.91 Å². The minimum atomic E-state index is -0.419. The van der Waals surface area contributed by atoms with Gasteiger partial charge in [-0.25, -0.2) is 4.98 Å². The number of thioether (sulfide) groups is 1. The largest absolute Gasteiger partial charge is 0.369 e. The normalized spacial score (nSPS) is 11.3. The maximum absolute atomic E-state index is 11.2. The second kappa shape index (κ2) is 5.11. The van der Waals surface area contributed by atoms with Crippen molar-refractivity contribution in [3.8, 4) is 0 Å². The van der Waals surface area contributed by atoms with Gasteiger partial charge >= 0.3 is 0 Å². The number of nitrogens with zero attached hydrogens (tertiary/aromatic N) is 2. The van der Waals surface area contributed by atoms with Crippen LogP contribution in [0.3, 0.4) is 0 Å². The van der Waals surface area contributed by atoms with Crippen LogP contribution in [0, 0.1) is 0 Å². The molecule has 0 saturated heterocycles. The fraction of sp³-hybridized carbons (Fsp3) is 0.364. The summed E-state index contributed by atoms with van der Waals surface area (Å²) in [6, 6.07) is 0. The van der Waals surface area contributed by atoms with Crippen molar-refractivity contribution in [2.24, 2.45) is 5.73 Å². The molecule has 0 spiro atoms. The molecule has 0 fully saturated rings. The Morgan fingerprint density at radius 3 is 2.94 bits per heavy atom.